The van der Waals surface area contributed by atoms with Gasteiger partial charge in [-0.05, 0) is 38.2 Å². The Labute approximate surface area is 318 Å². The predicted molar refractivity (Wildman–Crippen MR) is 193 cm³/mol. The van der Waals surface area contributed by atoms with Gasteiger partial charge in [0.1, 0.15) is 36.3 Å². The van der Waals surface area contributed by atoms with Crippen molar-refractivity contribution in [1.29, 1.82) is 0 Å². The van der Waals surface area contributed by atoms with E-state index in [-0.39, 0.29) is 31.8 Å². The Hall–Kier alpha value is -5.76. The van der Waals surface area contributed by atoms with Crippen LogP contribution in [0.2, 0.25) is 0 Å². The van der Waals surface area contributed by atoms with Gasteiger partial charge >= 0.3 is 11.9 Å². The lowest BCUT2D eigenvalue weighted by molar-refractivity contribution is -0.144. The van der Waals surface area contributed by atoms with Gasteiger partial charge in [0.15, 0.2) is 5.96 Å². The number of rotatable bonds is 27. The fourth-order valence-electron chi connectivity index (χ4n) is 4.34. The highest BCUT2D eigenvalue weighted by molar-refractivity contribution is 7.98. The minimum Gasteiger partial charge on any atom is -0.481 e. The summed E-state index contributed by atoms with van der Waals surface area (Å²) in [5.41, 5.74) is 26.2. The van der Waals surface area contributed by atoms with E-state index >= 15 is 0 Å². The highest BCUT2D eigenvalue weighted by Gasteiger charge is 2.33. The van der Waals surface area contributed by atoms with Crippen molar-refractivity contribution >= 4 is 76.9 Å². The highest BCUT2D eigenvalue weighted by Crippen LogP contribution is 2.06. The van der Waals surface area contributed by atoms with Crippen LogP contribution in [0.1, 0.15) is 45.4 Å². The molecule has 0 aromatic carbocycles. The van der Waals surface area contributed by atoms with E-state index in [9.17, 15) is 63.3 Å². The summed E-state index contributed by atoms with van der Waals surface area (Å²) in [7, 11) is 0. The van der Waals surface area contributed by atoms with Crippen LogP contribution in [-0.2, 0) is 47.9 Å². The fraction of sp³-hybridized carbons (Fsp3) is 0.621. The summed E-state index contributed by atoms with van der Waals surface area (Å²) in [6, 6.07) is -11.1. The van der Waals surface area contributed by atoms with Gasteiger partial charge in [-0.2, -0.15) is 11.8 Å². The number of aliphatic hydroxyl groups is 1. The SMILES string of the molecule is CSCC[C@H](NC(=O)[C@H](CO)NC(=O)[C@@H](N)CC(N)=O)C(=O)N[C@@H](C)C(=O)N[C@@H](CC(=O)O)C(=O)N[C@@H](CCCN=C(N)N)C(=O)N[C@@H](CC(N)=O)C(=O)O. The van der Waals surface area contributed by atoms with Gasteiger partial charge in [0, 0.05) is 6.54 Å². The van der Waals surface area contributed by atoms with E-state index in [4.69, 9.17) is 28.7 Å². The first-order valence-electron chi connectivity index (χ1n) is 16.4. The van der Waals surface area contributed by atoms with Crippen molar-refractivity contribution < 1.29 is 63.3 Å². The number of guanidine groups is 1. The Morgan fingerprint density at radius 1 is 0.618 bits per heavy atom. The number of hydrogen-bond donors (Lipinski definition) is 14. The van der Waals surface area contributed by atoms with Gasteiger partial charge in [-0.15, -0.1) is 0 Å². The Bertz CT molecular complexity index is 1450. The molecule has 0 aliphatic rings. The number of thioether (sulfide) groups is 1. The van der Waals surface area contributed by atoms with Gasteiger partial charge in [-0.3, -0.25) is 48.1 Å². The number of aliphatic carboxylic acids is 2. The van der Waals surface area contributed by atoms with Crippen molar-refractivity contribution in [3.05, 3.63) is 0 Å². The van der Waals surface area contributed by atoms with Gasteiger partial charge < -0.3 is 75.9 Å². The van der Waals surface area contributed by atoms with Crippen molar-refractivity contribution in [2.24, 2.45) is 33.7 Å². The zero-order valence-electron chi connectivity index (χ0n) is 30.1. The molecule has 0 bridgehead atoms. The number of nitrogens with one attached hydrogen (secondary N) is 6. The zero-order chi connectivity index (χ0) is 42.4. The van der Waals surface area contributed by atoms with Gasteiger partial charge in [-0.1, -0.05) is 0 Å². The number of carbonyl (C=O) groups is 10. The summed E-state index contributed by atoms with van der Waals surface area (Å²) < 4.78 is 0. The summed E-state index contributed by atoms with van der Waals surface area (Å²) in [5, 5.41) is 41.7. The maximum Gasteiger partial charge on any atom is 0.326 e. The van der Waals surface area contributed by atoms with Gasteiger partial charge in [0.05, 0.1) is 31.9 Å². The summed E-state index contributed by atoms with van der Waals surface area (Å²) >= 11 is 1.29. The molecule has 0 aromatic heterocycles. The molecular formula is C29H50N12O13S. The van der Waals surface area contributed by atoms with Crippen LogP contribution in [0, 0.1) is 0 Å². The average molecular weight is 807 g/mol. The van der Waals surface area contributed by atoms with Crippen LogP contribution >= 0.6 is 11.8 Å². The first-order valence-corrected chi connectivity index (χ1v) is 17.8. The number of carboxylic acids is 2. The number of amides is 8. The Morgan fingerprint density at radius 2 is 1.09 bits per heavy atom. The van der Waals surface area contributed by atoms with E-state index < -0.39 is 127 Å². The topological polar surface area (TPSA) is 446 Å². The molecule has 0 rings (SSSR count). The normalized spacial score (nSPS) is 14.5. The first kappa shape index (κ1) is 49.2. The molecule has 0 fully saturated rings. The molecule has 0 unspecified atom stereocenters. The quantitative estimate of drug-likeness (QED) is 0.0208. The van der Waals surface area contributed by atoms with Crippen molar-refractivity contribution in [1.82, 2.24) is 31.9 Å². The van der Waals surface area contributed by atoms with Gasteiger partial charge in [0.25, 0.3) is 0 Å². The molecule has 0 saturated carbocycles. The lowest BCUT2D eigenvalue weighted by Gasteiger charge is -2.26. The van der Waals surface area contributed by atoms with E-state index in [1.165, 1.54) is 11.8 Å². The largest absolute Gasteiger partial charge is 0.481 e. The third-order valence-corrected chi connectivity index (χ3v) is 7.82. The van der Waals surface area contributed by atoms with Crippen LogP contribution in [0.25, 0.3) is 0 Å². The number of nitrogens with zero attached hydrogens (tertiary/aromatic N) is 1. The number of aliphatic imine (C=N–C) groups is 1. The molecule has 7 atom stereocenters. The molecule has 8 amide bonds. The van der Waals surface area contributed by atoms with Crippen molar-refractivity contribution in [2.45, 2.75) is 87.7 Å². The summed E-state index contributed by atoms with van der Waals surface area (Å²) in [6.07, 6.45) is -0.900. The van der Waals surface area contributed by atoms with Crippen molar-refractivity contribution in [3.63, 3.8) is 0 Å². The predicted octanol–water partition coefficient (Wildman–Crippen LogP) is -7.65. The average Bonchev–Trinajstić information content (AvgIpc) is 3.08. The number of hydrogen-bond acceptors (Lipinski definition) is 14. The van der Waals surface area contributed by atoms with E-state index in [1.54, 1.807) is 6.26 Å². The number of aliphatic hydroxyl groups excluding tert-OH is 1. The van der Waals surface area contributed by atoms with Crippen LogP contribution in [-0.4, -0.2) is 148 Å². The maximum absolute atomic E-state index is 13.3. The molecular weight excluding hydrogens is 756 g/mol. The van der Waals surface area contributed by atoms with Gasteiger partial charge in [0.2, 0.25) is 47.3 Å². The van der Waals surface area contributed by atoms with Crippen LogP contribution in [0.3, 0.4) is 0 Å². The lowest BCUT2D eigenvalue weighted by Crippen LogP contribution is -2.60. The van der Waals surface area contributed by atoms with E-state index in [1.807, 2.05) is 0 Å². The number of carboxylic acid groups (broad SMARTS) is 2. The Morgan fingerprint density at radius 3 is 1.58 bits per heavy atom. The number of primary amides is 2. The van der Waals surface area contributed by atoms with E-state index in [2.05, 4.69) is 36.9 Å². The smallest absolute Gasteiger partial charge is 0.326 e. The Kier molecular flexibility index (Phi) is 22.6. The van der Waals surface area contributed by atoms with Crippen LogP contribution in [0.5, 0.6) is 0 Å². The molecule has 0 aliphatic carbocycles. The third-order valence-electron chi connectivity index (χ3n) is 7.18. The summed E-state index contributed by atoms with van der Waals surface area (Å²) in [4.78, 5) is 127. The fourth-order valence-corrected chi connectivity index (χ4v) is 4.81. The van der Waals surface area contributed by atoms with E-state index in [0.29, 0.717) is 5.75 Å². The molecule has 0 radical (unpaired) electrons. The molecule has 0 aliphatic heterocycles. The van der Waals surface area contributed by atoms with Gasteiger partial charge in [-0.25, -0.2) is 4.79 Å². The molecule has 25 nitrogen and oxygen atoms in total. The van der Waals surface area contributed by atoms with Crippen LogP contribution < -0.4 is 60.6 Å². The Balaban J connectivity index is 5.97. The second-order valence-electron chi connectivity index (χ2n) is 11.8. The second-order valence-corrected chi connectivity index (χ2v) is 12.8. The molecule has 0 aromatic rings. The molecule has 0 spiro atoms. The summed E-state index contributed by atoms with van der Waals surface area (Å²) in [6.45, 7) is 0.185. The number of carbonyl (C=O) groups excluding carboxylic acids is 8. The third kappa shape index (κ3) is 20.3. The first-order chi connectivity index (χ1) is 25.6. The molecule has 0 saturated heterocycles. The standard InChI is InChI=1S/C29H50N12O13S/c1-12(36-24(49)15(5-7-55-2)38-27(52)18(11-42)41-23(48)13(30)8-19(31)43)22(47)39-16(10-21(45)46)26(51)37-14(4-3-6-35-29(33)34)25(50)40-17(28(53)54)9-20(32)44/h12-18,42H,3-11,30H2,1-2H3,(H2,31,43)(H2,32,44)(H,36,49)(H,37,51)(H,38,52)(H,39,47)(H,40,50)(H,41,48)(H,45,46)(H,53,54)(H4,33,34,35)/t12-,13-,14-,15-,16-,17-,18-/m0/s1. The minimum absolute atomic E-state index is 0.0147. The molecule has 55 heavy (non-hydrogen) atoms. The van der Waals surface area contributed by atoms with Crippen LogP contribution in [0.4, 0.5) is 0 Å². The summed E-state index contributed by atoms with van der Waals surface area (Å²) in [5.74, 6) is -11.5. The van der Waals surface area contributed by atoms with Crippen molar-refractivity contribution in [2.75, 3.05) is 25.2 Å². The molecule has 0 heterocycles. The molecule has 310 valence electrons. The monoisotopic (exact) mass is 806 g/mol. The van der Waals surface area contributed by atoms with E-state index in [0.717, 1.165) is 6.92 Å². The van der Waals surface area contributed by atoms with Crippen molar-refractivity contribution in [3.8, 4) is 0 Å². The highest BCUT2D eigenvalue weighted by atomic mass is 32.2. The van der Waals surface area contributed by atoms with Crippen LogP contribution in [0.15, 0.2) is 4.99 Å². The zero-order valence-corrected chi connectivity index (χ0v) is 30.9. The second kappa shape index (κ2) is 25.3. The molecule has 19 N–H and O–H groups in total. The number of nitrogens with two attached hydrogens (primary N) is 5. The minimum atomic E-state index is -1.86. The maximum atomic E-state index is 13.3. The molecule has 26 heteroatoms. The lowest BCUT2D eigenvalue weighted by atomic mass is 10.1.